The topological polar surface area (TPSA) is 95.8 Å². The van der Waals surface area contributed by atoms with Crippen molar-refractivity contribution in [2.24, 2.45) is 10.6 Å². The van der Waals surface area contributed by atoms with Crippen molar-refractivity contribution in [3.05, 3.63) is 28.0 Å². The van der Waals surface area contributed by atoms with Crippen molar-refractivity contribution in [3.8, 4) is 0 Å². The number of pyridine rings is 1. The second kappa shape index (κ2) is 6.46. The van der Waals surface area contributed by atoms with E-state index in [4.69, 9.17) is 0 Å². The van der Waals surface area contributed by atoms with Gasteiger partial charge in [-0.1, -0.05) is 6.07 Å². The van der Waals surface area contributed by atoms with Crippen molar-refractivity contribution in [2.75, 3.05) is 10.9 Å². The third-order valence-electron chi connectivity index (χ3n) is 1.07. The molecule has 2 N–H and O–H groups in total. The standard InChI is InChI=1S/C5H5N5O2.Na/c11-9-7-4-2-1-3-5(6-4)8-10-12;/h1-3H,(H2,6,7,8,11,12);/q;+1. The second-order valence-electron chi connectivity index (χ2n) is 1.81. The normalized spacial score (nSPS) is 8.00. The summed E-state index contributed by atoms with van der Waals surface area (Å²) in [4.78, 5) is 23.2. The van der Waals surface area contributed by atoms with Gasteiger partial charge in [-0.15, -0.1) is 9.81 Å². The van der Waals surface area contributed by atoms with E-state index in [-0.39, 0.29) is 41.2 Å². The van der Waals surface area contributed by atoms with Crippen molar-refractivity contribution >= 4 is 11.6 Å². The molecule has 62 valence electrons. The molecule has 0 aromatic carbocycles. The Morgan fingerprint density at radius 3 is 1.92 bits per heavy atom. The maximum absolute atomic E-state index is 9.74. The molecule has 0 unspecified atom stereocenters. The minimum atomic E-state index is 0. The summed E-state index contributed by atoms with van der Waals surface area (Å²) in [7, 11) is 0. The van der Waals surface area contributed by atoms with Crippen LogP contribution in [0.1, 0.15) is 0 Å². The molecule has 0 aliphatic rings. The molecule has 1 aromatic heterocycles. The molecular weight excluding hydrogens is 185 g/mol. The number of aromatic nitrogens is 1. The van der Waals surface area contributed by atoms with E-state index in [2.05, 4.69) is 26.4 Å². The van der Waals surface area contributed by atoms with E-state index in [1.165, 1.54) is 12.1 Å². The number of anilines is 2. The van der Waals surface area contributed by atoms with E-state index < -0.39 is 0 Å². The SMILES string of the molecule is O=NNc1cccc(NN=O)n1.[Na+]. The Kier molecular flexibility index (Phi) is 5.94. The van der Waals surface area contributed by atoms with Crippen LogP contribution in [-0.4, -0.2) is 4.98 Å². The Labute approximate surface area is 95.5 Å². The van der Waals surface area contributed by atoms with Crippen LogP contribution in [0.2, 0.25) is 0 Å². The smallest absolute Gasteiger partial charge is 0.224 e. The van der Waals surface area contributed by atoms with E-state index in [0.29, 0.717) is 0 Å². The molecule has 0 aliphatic heterocycles. The second-order valence-corrected chi connectivity index (χ2v) is 1.81. The Balaban J connectivity index is 0.00000144. The minimum absolute atomic E-state index is 0. The number of hydrogen-bond acceptors (Lipinski definition) is 5. The molecule has 7 nitrogen and oxygen atoms in total. The van der Waals surface area contributed by atoms with E-state index >= 15 is 0 Å². The molecule has 0 bridgehead atoms. The van der Waals surface area contributed by atoms with Crippen LogP contribution >= 0.6 is 0 Å². The summed E-state index contributed by atoms with van der Waals surface area (Å²) in [5, 5.41) is 4.82. The van der Waals surface area contributed by atoms with Gasteiger partial charge in [-0.2, -0.15) is 0 Å². The zero-order valence-corrected chi connectivity index (χ0v) is 8.89. The molecule has 0 fully saturated rings. The van der Waals surface area contributed by atoms with Gasteiger partial charge in [-0.05, 0) is 12.1 Å². The van der Waals surface area contributed by atoms with Gasteiger partial charge < -0.3 is 0 Å². The average Bonchev–Trinajstić information content (AvgIpc) is 2.06. The van der Waals surface area contributed by atoms with Gasteiger partial charge in [-0.25, -0.2) is 15.8 Å². The van der Waals surface area contributed by atoms with Gasteiger partial charge in [0.25, 0.3) is 0 Å². The van der Waals surface area contributed by atoms with Crippen molar-refractivity contribution in [1.29, 1.82) is 0 Å². The van der Waals surface area contributed by atoms with Gasteiger partial charge >= 0.3 is 29.6 Å². The maximum Gasteiger partial charge on any atom is 1.00 e. The first-order valence-electron chi connectivity index (χ1n) is 3.00. The van der Waals surface area contributed by atoms with Crippen LogP contribution in [0.4, 0.5) is 11.6 Å². The van der Waals surface area contributed by atoms with Crippen molar-refractivity contribution in [2.45, 2.75) is 0 Å². The van der Waals surface area contributed by atoms with Gasteiger partial charge in [0.2, 0.25) is 0 Å². The quantitative estimate of drug-likeness (QED) is 0.334. The van der Waals surface area contributed by atoms with Crippen molar-refractivity contribution in [1.82, 2.24) is 4.98 Å². The molecule has 0 aliphatic carbocycles. The molecular formula is C5H5N5NaO2+. The zero-order valence-electron chi connectivity index (χ0n) is 6.89. The molecule has 13 heavy (non-hydrogen) atoms. The molecule has 0 amide bonds. The average molecular weight is 190 g/mol. The fourth-order valence-electron chi connectivity index (χ4n) is 0.653. The fourth-order valence-corrected chi connectivity index (χ4v) is 0.653. The van der Waals surface area contributed by atoms with Gasteiger partial charge in [-0.3, -0.25) is 0 Å². The third-order valence-corrected chi connectivity index (χ3v) is 1.07. The first-order chi connectivity index (χ1) is 5.86. The van der Waals surface area contributed by atoms with Crippen LogP contribution < -0.4 is 40.4 Å². The first-order valence-corrected chi connectivity index (χ1v) is 3.00. The molecule has 1 rings (SSSR count). The van der Waals surface area contributed by atoms with Crippen LogP contribution in [-0.2, 0) is 0 Å². The fraction of sp³-hybridized carbons (Fsp3) is 0. The van der Waals surface area contributed by atoms with Gasteiger partial charge in [0.05, 0.1) is 10.6 Å². The predicted molar refractivity (Wildman–Crippen MR) is 43.1 cm³/mol. The summed E-state index contributed by atoms with van der Waals surface area (Å²) >= 11 is 0. The molecule has 0 atom stereocenters. The Bertz CT molecular complexity index is 269. The van der Waals surface area contributed by atoms with Crippen LogP contribution in [0, 0.1) is 9.81 Å². The van der Waals surface area contributed by atoms with Crippen LogP contribution in [0.15, 0.2) is 28.8 Å². The number of nitrogens with zero attached hydrogens (tertiary/aromatic N) is 3. The molecule has 0 radical (unpaired) electrons. The summed E-state index contributed by atoms with van der Waals surface area (Å²) in [6, 6.07) is 4.64. The van der Waals surface area contributed by atoms with Gasteiger partial charge in [0.15, 0.2) is 11.6 Å². The van der Waals surface area contributed by atoms with E-state index in [0.717, 1.165) is 0 Å². The minimum Gasteiger partial charge on any atom is -0.224 e. The summed E-state index contributed by atoms with van der Waals surface area (Å²) in [5.74, 6) is 0.498. The molecule has 0 saturated heterocycles. The number of rotatable bonds is 4. The summed E-state index contributed by atoms with van der Waals surface area (Å²) in [6.45, 7) is 0. The zero-order chi connectivity index (χ0) is 8.81. The molecule has 0 saturated carbocycles. The molecule has 8 heteroatoms. The first kappa shape index (κ1) is 11.9. The van der Waals surface area contributed by atoms with E-state index in [1.807, 2.05) is 0 Å². The van der Waals surface area contributed by atoms with Gasteiger partial charge in [0, 0.05) is 0 Å². The number of nitrogens with one attached hydrogen (secondary N) is 2. The van der Waals surface area contributed by atoms with Gasteiger partial charge in [0.1, 0.15) is 0 Å². The summed E-state index contributed by atoms with van der Waals surface area (Å²) < 4.78 is 0. The van der Waals surface area contributed by atoms with Crippen LogP contribution in [0.5, 0.6) is 0 Å². The third kappa shape index (κ3) is 3.92. The van der Waals surface area contributed by atoms with Crippen molar-refractivity contribution < 1.29 is 29.6 Å². The molecule has 0 spiro atoms. The number of hydrogen-bond donors (Lipinski definition) is 2. The Morgan fingerprint density at radius 1 is 1.08 bits per heavy atom. The molecule has 1 heterocycles. The Hall–Kier alpha value is -1.05. The maximum atomic E-state index is 9.74. The van der Waals surface area contributed by atoms with E-state index in [1.54, 1.807) is 6.07 Å². The monoisotopic (exact) mass is 190 g/mol. The molecule has 1 aromatic rings. The summed E-state index contributed by atoms with van der Waals surface area (Å²) in [6.07, 6.45) is 0. The van der Waals surface area contributed by atoms with Crippen molar-refractivity contribution in [3.63, 3.8) is 0 Å². The van der Waals surface area contributed by atoms with Crippen LogP contribution in [0.25, 0.3) is 0 Å². The van der Waals surface area contributed by atoms with Crippen LogP contribution in [0.3, 0.4) is 0 Å². The van der Waals surface area contributed by atoms with E-state index in [9.17, 15) is 9.81 Å². The summed E-state index contributed by atoms with van der Waals surface area (Å²) in [5.41, 5.74) is 4.16. The number of nitroso groups, excluding NO2 is 2. The largest absolute Gasteiger partial charge is 1.00 e. The predicted octanol–water partition coefficient (Wildman–Crippen LogP) is -1.73. The Morgan fingerprint density at radius 2 is 1.54 bits per heavy atom.